The number of ether oxygens (including phenoxy) is 2. The van der Waals surface area contributed by atoms with Crippen molar-refractivity contribution in [1.82, 2.24) is 0 Å². The zero-order valence-corrected chi connectivity index (χ0v) is 55.5. The zero-order valence-electron chi connectivity index (χ0n) is 54.6. The molecule has 81 heavy (non-hydrogen) atoms. The van der Waals surface area contributed by atoms with Crippen LogP contribution >= 0.6 is 7.82 Å². The standard InChI is InChI=1S/C71H142NO8P/c1-3-5-7-9-11-13-15-17-19-21-23-25-27-28-29-30-31-32-33-34-35-36-37-38-39-40-41-42-44-46-48-50-52-54-56-58-60-62-64-71(74)80-69(68-79-81(75,76)78-66-65-72)67-77-70(73)63-61-59-57-55-53-51-49-47-45-43-26-24-22-20-18-16-14-12-10-8-6-4-2/h69H,3-68,72H2,1-2H3,(H,75,76). The van der Waals surface area contributed by atoms with Crippen LogP contribution in [0.5, 0.6) is 0 Å². The molecule has 0 saturated heterocycles. The molecule has 0 saturated carbocycles. The van der Waals surface area contributed by atoms with E-state index in [2.05, 4.69) is 13.8 Å². The molecule has 3 N–H and O–H groups in total. The molecule has 0 aliphatic heterocycles. The van der Waals surface area contributed by atoms with Crippen molar-refractivity contribution >= 4 is 19.8 Å². The van der Waals surface area contributed by atoms with Gasteiger partial charge in [-0.05, 0) is 12.8 Å². The van der Waals surface area contributed by atoms with Crippen LogP contribution in [0, 0.1) is 0 Å². The van der Waals surface area contributed by atoms with Gasteiger partial charge in [-0.3, -0.25) is 18.6 Å². The maximum atomic E-state index is 12.8. The summed E-state index contributed by atoms with van der Waals surface area (Å²) in [5.41, 5.74) is 5.40. The lowest BCUT2D eigenvalue weighted by atomic mass is 10.0. The SMILES string of the molecule is CCCCCCCCCCCCCCCCCCCCCCCCCCCCCCCCCCCCCCCCC(=O)OC(COC(=O)CCCCCCCCCCCCCCCCCCCCCCCC)COP(=O)(O)OCCN. The number of carbonyl (C=O) groups is 2. The van der Waals surface area contributed by atoms with Crippen molar-refractivity contribution in [2.24, 2.45) is 5.73 Å². The molecule has 0 bridgehead atoms. The maximum Gasteiger partial charge on any atom is 0.472 e. The van der Waals surface area contributed by atoms with E-state index in [0.717, 1.165) is 32.1 Å². The zero-order chi connectivity index (χ0) is 58.7. The Labute approximate surface area is 505 Å². The van der Waals surface area contributed by atoms with Crippen molar-refractivity contribution in [1.29, 1.82) is 0 Å². The van der Waals surface area contributed by atoms with E-state index < -0.39 is 26.5 Å². The second kappa shape index (κ2) is 68.1. The van der Waals surface area contributed by atoms with Gasteiger partial charge >= 0.3 is 19.8 Å². The summed E-state index contributed by atoms with van der Waals surface area (Å²) >= 11 is 0. The molecule has 0 radical (unpaired) electrons. The first-order valence-corrected chi connectivity index (χ1v) is 38.0. The number of unbranched alkanes of at least 4 members (excludes halogenated alkanes) is 58. The van der Waals surface area contributed by atoms with Gasteiger partial charge in [0.05, 0.1) is 13.2 Å². The summed E-state index contributed by atoms with van der Waals surface area (Å²) in [6.45, 7) is 3.85. The second-order valence-electron chi connectivity index (χ2n) is 25.2. The van der Waals surface area contributed by atoms with Crippen LogP contribution in [0.25, 0.3) is 0 Å². The van der Waals surface area contributed by atoms with Crippen molar-refractivity contribution in [3.05, 3.63) is 0 Å². The monoisotopic (exact) mass is 1170 g/mol. The summed E-state index contributed by atoms with van der Waals surface area (Å²) in [4.78, 5) is 35.3. The molecule has 0 aromatic carbocycles. The van der Waals surface area contributed by atoms with Crippen LogP contribution in [0.2, 0.25) is 0 Å². The quantitative estimate of drug-likeness (QED) is 0.0347. The fourth-order valence-electron chi connectivity index (χ4n) is 11.6. The fraction of sp³-hybridized carbons (Fsp3) is 0.972. The summed E-state index contributed by atoms with van der Waals surface area (Å²) in [7, 11) is -4.39. The molecule has 10 heteroatoms. The number of carbonyl (C=O) groups excluding carboxylic acids is 2. The van der Waals surface area contributed by atoms with Crippen LogP contribution in [0.3, 0.4) is 0 Å². The lowest BCUT2D eigenvalue weighted by molar-refractivity contribution is -0.161. The Morgan fingerprint density at radius 3 is 0.753 bits per heavy atom. The number of nitrogens with two attached hydrogens (primary N) is 1. The van der Waals surface area contributed by atoms with Gasteiger partial charge in [-0.2, -0.15) is 0 Å². The highest BCUT2D eigenvalue weighted by molar-refractivity contribution is 7.47. The van der Waals surface area contributed by atoms with Gasteiger partial charge in [0, 0.05) is 19.4 Å². The molecule has 0 rings (SSSR count). The summed E-state index contributed by atoms with van der Waals surface area (Å²) in [5.74, 6) is -0.797. The third-order valence-electron chi connectivity index (χ3n) is 17.0. The highest BCUT2D eigenvalue weighted by Gasteiger charge is 2.26. The molecular weight excluding hydrogens is 1030 g/mol. The first kappa shape index (κ1) is 80.0. The van der Waals surface area contributed by atoms with Crippen LogP contribution in [-0.2, 0) is 32.7 Å². The number of phosphoric acid groups is 1. The van der Waals surface area contributed by atoms with E-state index in [1.54, 1.807) is 0 Å². The summed E-state index contributed by atoms with van der Waals surface area (Å²) < 4.78 is 33.2. The van der Waals surface area contributed by atoms with E-state index in [1.165, 1.54) is 347 Å². The minimum Gasteiger partial charge on any atom is -0.462 e. The first-order chi connectivity index (χ1) is 39.8. The highest BCUT2D eigenvalue weighted by atomic mass is 31.2. The average Bonchev–Trinajstić information content (AvgIpc) is 3.46. The van der Waals surface area contributed by atoms with E-state index in [-0.39, 0.29) is 32.1 Å². The molecule has 0 amide bonds. The van der Waals surface area contributed by atoms with E-state index in [0.29, 0.717) is 12.8 Å². The molecule has 0 aromatic rings. The molecule has 2 unspecified atom stereocenters. The summed E-state index contributed by atoms with van der Waals surface area (Å²) in [6, 6.07) is 0. The van der Waals surface area contributed by atoms with Crippen molar-refractivity contribution < 1.29 is 37.6 Å². The molecule has 484 valence electrons. The van der Waals surface area contributed by atoms with Crippen molar-refractivity contribution in [3.8, 4) is 0 Å². The van der Waals surface area contributed by atoms with Gasteiger partial charge in [0.1, 0.15) is 6.61 Å². The van der Waals surface area contributed by atoms with Gasteiger partial charge in [0.15, 0.2) is 6.10 Å². The smallest absolute Gasteiger partial charge is 0.462 e. The van der Waals surface area contributed by atoms with E-state index in [9.17, 15) is 19.0 Å². The van der Waals surface area contributed by atoms with E-state index in [4.69, 9.17) is 24.3 Å². The molecule has 0 heterocycles. The Balaban J connectivity index is 3.73. The molecule has 0 aliphatic carbocycles. The fourth-order valence-corrected chi connectivity index (χ4v) is 12.4. The highest BCUT2D eigenvalue weighted by Crippen LogP contribution is 2.43. The lowest BCUT2D eigenvalue weighted by Crippen LogP contribution is -2.29. The normalized spacial score (nSPS) is 12.8. The Morgan fingerprint density at radius 1 is 0.321 bits per heavy atom. The van der Waals surface area contributed by atoms with Crippen LogP contribution in [-0.4, -0.2) is 49.3 Å². The minimum absolute atomic E-state index is 0.0588. The molecule has 0 spiro atoms. The number of rotatable bonds is 71. The largest absolute Gasteiger partial charge is 0.472 e. The maximum absolute atomic E-state index is 12.8. The predicted molar refractivity (Wildman–Crippen MR) is 349 cm³/mol. The number of phosphoric ester groups is 1. The molecule has 9 nitrogen and oxygen atoms in total. The Morgan fingerprint density at radius 2 is 0.531 bits per heavy atom. The molecular formula is C71H142NO8P. The van der Waals surface area contributed by atoms with Gasteiger partial charge in [-0.1, -0.05) is 386 Å². The van der Waals surface area contributed by atoms with Gasteiger partial charge in [-0.15, -0.1) is 0 Å². The molecule has 0 aliphatic rings. The third-order valence-corrected chi connectivity index (χ3v) is 18.0. The van der Waals surface area contributed by atoms with E-state index >= 15 is 0 Å². The van der Waals surface area contributed by atoms with Crippen molar-refractivity contribution in [2.45, 2.75) is 418 Å². The van der Waals surface area contributed by atoms with Gasteiger partial charge < -0.3 is 20.1 Å². The molecule has 0 aromatic heterocycles. The number of esters is 2. The Kier molecular flexibility index (Phi) is 67.3. The third kappa shape index (κ3) is 68.0. The van der Waals surface area contributed by atoms with Crippen LogP contribution in [0.4, 0.5) is 0 Å². The van der Waals surface area contributed by atoms with Crippen molar-refractivity contribution in [2.75, 3.05) is 26.4 Å². The van der Waals surface area contributed by atoms with Crippen LogP contribution in [0.1, 0.15) is 412 Å². The second-order valence-corrected chi connectivity index (χ2v) is 26.6. The summed E-state index contributed by atoms with van der Waals surface area (Å²) in [6.07, 6.45) is 80.9. The lowest BCUT2D eigenvalue weighted by Gasteiger charge is -2.19. The van der Waals surface area contributed by atoms with E-state index in [1.807, 2.05) is 0 Å². The average molecular weight is 1170 g/mol. The van der Waals surface area contributed by atoms with Gasteiger partial charge in [0.25, 0.3) is 0 Å². The van der Waals surface area contributed by atoms with Crippen LogP contribution in [0.15, 0.2) is 0 Å². The number of hydrogen-bond acceptors (Lipinski definition) is 8. The first-order valence-electron chi connectivity index (χ1n) is 36.5. The van der Waals surface area contributed by atoms with Gasteiger partial charge in [-0.25, -0.2) is 4.57 Å². The van der Waals surface area contributed by atoms with Crippen molar-refractivity contribution in [3.63, 3.8) is 0 Å². The summed E-state index contributed by atoms with van der Waals surface area (Å²) in [5, 5.41) is 0. The Bertz CT molecular complexity index is 1290. The van der Waals surface area contributed by atoms with Crippen LogP contribution < -0.4 is 5.73 Å². The molecule has 0 fully saturated rings. The topological polar surface area (TPSA) is 134 Å². The molecule has 2 atom stereocenters. The predicted octanol–water partition coefficient (Wildman–Crippen LogP) is 23.8. The number of hydrogen-bond donors (Lipinski definition) is 2. The minimum atomic E-state index is -4.39. The van der Waals surface area contributed by atoms with Gasteiger partial charge in [0.2, 0.25) is 0 Å². The Hall–Kier alpha value is -0.990.